The summed E-state index contributed by atoms with van der Waals surface area (Å²) < 4.78 is 5.43. The molecule has 118 valence electrons. The zero-order valence-electron chi connectivity index (χ0n) is 13.7. The lowest BCUT2D eigenvalue weighted by Crippen LogP contribution is -2.43. The van der Waals surface area contributed by atoms with E-state index in [2.05, 4.69) is 47.9 Å². The first kappa shape index (κ1) is 17.7. The predicted octanol–water partition coefficient (Wildman–Crippen LogP) is 2.54. The minimum absolute atomic E-state index is 0.199. The highest BCUT2D eigenvalue weighted by Crippen LogP contribution is 2.19. The van der Waals surface area contributed by atoms with Gasteiger partial charge in [0, 0.05) is 24.9 Å². The van der Waals surface area contributed by atoms with Crippen LogP contribution in [0.15, 0.2) is 29.3 Å². The Labute approximate surface area is 132 Å². The summed E-state index contributed by atoms with van der Waals surface area (Å²) in [5, 5.41) is 6.70. The van der Waals surface area contributed by atoms with Crippen LogP contribution >= 0.6 is 11.8 Å². The van der Waals surface area contributed by atoms with Crippen LogP contribution in [-0.2, 0) is 6.42 Å². The Balaban J connectivity index is 2.38. The minimum atomic E-state index is 0.199. The van der Waals surface area contributed by atoms with Crippen molar-refractivity contribution in [1.82, 2.24) is 10.6 Å². The third kappa shape index (κ3) is 6.76. The van der Waals surface area contributed by atoms with Crippen molar-refractivity contribution in [3.63, 3.8) is 0 Å². The maximum atomic E-state index is 5.23. The van der Waals surface area contributed by atoms with Gasteiger partial charge in [-0.3, -0.25) is 4.99 Å². The van der Waals surface area contributed by atoms with Gasteiger partial charge in [-0.2, -0.15) is 11.8 Å². The Morgan fingerprint density at radius 2 is 2.10 bits per heavy atom. The minimum Gasteiger partial charge on any atom is -0.497 e. The van der Waals surface area contributed by atoms with E-state index in [1.54, 1.807) is 14.2 Å². The summed E-state index contributed by atoms with van der Waals surface area (Å²) in [6.07, 6.45) is 3.06. The molecule has 0 aromatic heterocycles. The molecule has 2 N–H and O–H groups in total. The number of benzene rings is 1. The fourth-order valence-corrected chi connectivity index (χ4v) is 1.96. The van der Waals surface area contributed by atoms with E-state index < -0.39 is 0 Å². The third-order valence-electron chi connectivity index (χ3n) is 3.30. The van der Waals surface area contributed by atoms with Crippen molar-refractivity contribution in [2.75, 3.05) is 33.5 Å². The summed E-state index contributed by atoms with van der Waals surface area (Å²) in [5.74, 6) is 1.75. The Morgan fingerprint density at radius 3 is 2.71 bits per heavy atom. The second kappa shape index (κ2) is 8.82. The number of aliphatic imine (C=N–C) groups is 1. The summed E-state index contributed by atoms with van der Waals surface area (Å²) in [6.45, 7) is 6.15. The maximum absolute atomic E-state index is 5.23. The second-order valence-electron chi connectivity index (χ2n) is 5.42. The molecule has 4 nitrogen and oxygen atoms in total. The first-order valence-electron chi connectivity index (χ1n) is 7.13. The largest absolute Gasteiger partial charge is 0.497 e. The number of guanidine groups is 1. The van der Waals surface area contributed by atoms with E-state index in [1.165, 1.54) is 5.56 Å². The molecule has 0 fully saturated rings. The molecule has 0 heterocycles. The van der Waals surface area contributed by atoms with Crippen LogP contribution in [0.5, 0.6) is 5.75 Å². The molecule has 0 aliphatic carbocycles. The van der Waals surface area contributed by atoms with E-state index in [0.29, 0.717) is 0 Å². The Kier molecular flexibility index (Phi) is 7.43. The molecule has 21 heavy (non-hydrogen) atoms. The standard InChI is InChI=1S/C16H27N3OS/c1-16(2,21-5)12-19-15(17-3)18-10-9-13-7-6-8-14(11-13)20-4/h6-8,11H,9-10,12H2,1-5H3,(H2,17,18,19). The molecule has 1 aromatic carbocycles. The van der Waals surface area contributed by atoms with Crippen molar-refractivity contribution in [2.24, 2.45) is 4.99 Å². The number of ether oxygens (including phenoxy) is 1. The highest BCUT2D eigenvalue weighted by molar-refractivity contribution is 7.99. The van der Waals surface area contributed by atoms with E-state index in [9.17, 15) is 0 Å². The summed E-state index contributed by atoms with van der Waals surface area (Å²) in [7, 11) is 3.49. The Bertz CT molecular complexity index is 461. The molecule has 1 rings (SSSR count). The average molecular weight is 309 g/mol. The van der Waals surface area contributed by atoms with Crippen LogP contribution in [0.4, 0.5) is 0 Å². The lowest BCUT2D eigenvalue weighted by atomic mass is 10.1. The van der Waals surface area contributed by atoms with Crippen molar-refractivity contribution >= 4 is 17.7 Å². The number of hydrogen-bond acceptors (Lipinski definition) is 3. The van der Waals surface area contributed by atoms with Gasteiger partial charge in [-0.25, -0.2) is 0 Å². The van der Waals surface area contributed by atoms with Crippen LogP contribution in [0.1, 0.15) is 19.4 Å². The summed E-state index contributed by atoms with van der Waals surface area (Å²) in [4.78, 5) is 4.25. The van der Waals surface area contributed by atoms with Crippen LogP contribution < -0.4 is 15.4 Å². The average Bonchev–Trinajstić information content (AvgIpc) is 2.51. The highest BCUT2D eigenvalue weighted by Gasteiger charge is 2.15. The zero-order valence-corrected chi connectivity index (χ0v) is 14.5. The molecule has 0 atom stereocenters. The first-order valence-corrected chi connectivity index (χ1v) is 8.36. The first-order chi connectivity index (χ1) is 10.0. The molecule has 0 aliphatic rings. The van der Waals surface area contributed by atoms with Gasteiger partial charge in [-0.1, -0.05) is 12.1 Å². The van der Waals surface area contributed by atoms with Crippen molar-refractivity contribution in [2.45, 2.75) is 25.0 Å². The van der Waals surface area contributed by atoms with Crippen LogP contribution in [0.3, 0.4) is 0 Å². The van der Waals surface area contributed by atoms with Gasteiger partial charge in [0.25, 0.3) is 0 Å². The van der Waals surface area contributed by atoms with Gasteiger partial charge in [0.15, 0.2) is 5.96 Å². The maximum Gasteiger partial charge on any atom is 0.191 e. The van der Waals surface area contributed by atoms with E-state index in [1.807, 2.05) is 23.9 Å². The molecule has 0 bridgehead atoms. The number of nitrogens with zero attached hydrogens (tertiary/aromatic N) is 1. The Hall–Kier alpha value is -1.36. The molecule has 0 spiro atoms. The highest BCUT2D eigenvalue weighted by atomic mass is 32.2. The monoisotopic (exact) mass is 309 g/mol. The number of methoxy groups -OCH3 is 1. The van der Waals surface area contributed by atoms with E-state index in [0.717, 1.165) is 31.2 Å². The normalized spacial score (nSPS) is 12.1. The SMILES string of the molecule is CN=C(NCCc1cccc(OC)c1)NCC(C)(C)SC. The number of rotatable bonds is 7. The number of thioether (sulfide) groups is 1. The molecule has 0 saturated heterocycles. The molecule has 0 radical (unpaired) electrons. The van der Waals surface area contributed by atoms with Gasteiger partial charge < -0.3 is 15.4 Å². The molecule has 1 aromatic rings. The summed E-state index contributed by atoms with van der Waals surface area (Å²) >= 11 is 1.85. The van der Waals surface area contributed by atoms with Gasteiger partial charge in [0.05, 0.1) is 7.11 Å². The van der Waals surface area contributed by atoms with Crippen LogP contribution in [0.2, 0.25) is 0 Å². The van der Waals surface area contributed by atoms with Crippen molar-refractivity contribution in [3.05, 3.63) is 29.8 Å². The quantitative estimate of drug-likeness (QED) is 0.600. The van der Waals surface area contributed by atoms with Gasteiger partial charge in [-0.05, 0) is 44.2 Å². The fraction of sp³-hybridized carbons (Fsp3) is 0.562. The smallest absolute Gasteiger partial charge is 0.191 e. The lowest BCUT2D eigenvalue weighted by Gasteiger charge is -2.23. The van der Waals surface area contributed by atoms with Gasteiger partial charge in [0.2, 0.25) is 0 Å². The molecular weight excluding hydrogens is 282 g/mol. The van der Waals surface area contributed by atoms with Gasteiger partial charge in [0.1, 0.15) is 5.75 Å². The molecular formula is C16H27N3OS. The second-order valence-corrected chi connectivity index (χ2v) is 6.93. The van der Waals surface area contributed by atoms with E-state index in [-0.39, 0.29) is 4.75 Å². The topological polar surface area (TPSA) is 45.7 Å². The Morgan fingerprint density at radius 1 is 1.33 bits per heavy atom. The fourth-order valence-electron chi connectivity index (χ4n) is 1.74. The predicted molar refractivity (Wildman–Crippen MR) is 93.7 cm³/mol. The van der Waals surface area contributed by atoms with Gasteiger partial charge >= 0.3 is 0 Å². The van der Waals surface area contributed by atoms with Crippen molar-refractivity contribution in [3.8, 4) is 5.75 Å². The van der Waals surface area contributed by atoms with Gasteiger partial charge in [-0.15, -0.1) is 0 Å². The van der Waals surface area contributed by atoms with Crippen LogP contribution in [0, 0.1) is 0 Å². The molecule has 0 aliphatic heterocycles. The molecule has 5 heteroatoms. The number of hydrogen-bond donors (Lipinski definition) is 2. The lowest BCUT2D eigenvalue weighted by molar-refractivity contribution is 0.414. The molecule has 0 unspecified atom stereocenters. The molecule has 0 amide bonds. The summed E-state index contributed by atoms with van der Waals surface area (Å²) in [6, 6.07) is 8.15. The summed E-state index contributed by atoms with van der Waals surface area (Å²) in [5.41, 5.74) is 1.25. The van der Waals surface area contributed by atoms with Crippen molar-refractivity contribution < 1.29 is 4.74 Å². The van der Waals surface area contributed by atoms with Crippen molar-refractivity contribution in [1.29, 1.82) is 0 Å². The third-order valence-corrected chi connectivity index (χ3v) is 4.55. The van der Waals surface area contributed by atoms with E-state index >= 15 is 0 Å². The zero-order chi connectivity index (χ0) is 15.7. The van der Waals surface area contributed by atoms with Crippen LogP contribution in [0.25, 0.3) is 0 Å². The van der Waals surface area contributed by atoms with E-state index in [4.69, 9.17) is 4.74 Å². The number of nitrogens with one attached hydrogen (secondary N) is 2. The molecule has 0 saturated carbocycles. The van der Waals surface area contributed by atoms with Crippen LogP contribution in [-0.4, -0.2) is 44.2 Å².